The van der Waals surface area contributed by atoms with E-state index in [2.05, 4.69) is 16.0 Å². The van der Waals surface area contributed by atoms with E-state index in [1.165, 1.54) is 0 Å². The lowest BCUT2D eigenvalue weighted by Crippen LogP contribution is -2.45. The number of aliphatic carboxylic acids is 1. The van der Waals surface area contributed by atoms with Crippen LogP contribution in [-0.4, -0.2) is 132 Å². The highest BCUT2D eigenvalue weighted by atomic mass is 32.2. The summed E-state index contributed by atoms with van der Waals surface area (Å²) in [6.07, 6.45) is 0.458. The Balaban J connectivity index is 1.19. The molecule has 0 spiro atoms. The van der Waals surface area contributed by atoms with Gasteiger partial charge in [-0.25, -0.2) is 4.79 Å². The zero-order valence-corrected chi connectivity index (χ0v) is 34.7. The second kappa shape index (κ2) is 26.6. The summed E-state index contributed by atoms with van der Waals surface area (Å²) < 4.78 is 56.9. The van der Waals surface area contributed by atoms with Crippen LogP contribution >= 0.6 is 0 Å². The molecule has 0 heterocycles. The van der Waals surface area contributed by atoms with Gasteiger partial charge in [-0.2, -0.15) is 8.42 Å². The van der Waals surface area contributed by atoms with Gasteiger partial charge in [-0.3, -0.25) is 23.7 Å². The van der Waals surface area contributed by atoms with Gasteiger partial charge in [0.25, 0.3) is 10.1 Å². The highest BCUT2D eigenvalue weighted by Gasteiger charge is 2.32. The number of hydrogen-bond donors (Lipinski definition) is 5. The molecular weight excluding hydrogens is 791 g/mol. The van der Waals surface area contributed by atoms with Crippen LogP contribution in [0.15, 0.2) is 48.5 Å². The summed E-state index contributed by atoms with van der Waals surface area (Å²) in [6.45, 7) is 5.97. The van der Waals surface area contributed by atoms with Crippen LogP contribution in [0.5, 0.6) is 0 Å². The van der Waals surface area contributed by atoms with Crippen molar-refractivity contribution < 1.29 is 65.7 Å². The van der Waals surface area contributed by atoms with Gasteiger partial charge < -0.3 is 44.7 Å². The van der Waals surface area contributed by atoms with E-state index in [0.29, 0.717) is 45.8 Å². The van der Waals surface area contributed by atoms with E-state index < -0.39 is 39.9 Å². The molecular formula is C41H59N3O14S. The number of alkyl carbamates (subject to hydrolysis) is 1. The van der Waals surface area contributed by atoms with Crippen molar-refractivity contribution in [1.82, 2.24) is 16.0 Å². The molecule has 3 rings (SSSR count). The molecule has 59 heavy (non-hydrogen) atoms. The summed E-state index contributed by atoms with van der Waals surface area (Å²) in [5.74, 6) is -3.98. The highest BCUT2D eigenvalue weighted by molar-refractivity contribution is 7.85. The molecule has 0 aromatic heterocycles. The number of hydrogen-bond acceptors (Lipinski definition) is 12. The number of ether oxygens (including phenoxy) is 5. The summed E-state index contributed by atoms with van der Waals surface area (Å²) in [4.78, 5) is 61.9. The number of carboxylic acid groups (broad SMARTS) is 1. The molecule has 18 heteroatoms. The zero-order valence-electron chi connectivity index (χ0n) is 33.9. The topological polar surface area (TPSA) is 242 Å². The number of carbonyl (C=O) groups is 5. The van der Waals surface area contributed by atoms with Crippen molar-refractivity contribution in [2.24, 2.45) is 11.8 Å². The summed E-state index contributed by atoms with van der Waals surface area (Å²) in [6, 6.07) is 15.0. The predicted molar refractivity (Wildman–Crippen MR) is 216 cm³/mol. The Bertz CT molecular complexity index is 1710. The number of carbonyl (C=O) groups excluding carboxylic acids is 4. The fourth-order valence-corrected chi connectivity index (χ4v) is 6.76. The maximum Gasteiger partial charge on any atom is 0.407 e. The highest BCUT2D eigenvalue weighted by Crippen LogP contribution is 2.44. The summed E-state index contributed by atoms with van der Waals surface area (Å²) in [7, 11) is -4.12. The number of ketones is 1. The predicted octanol–water partition coefficient (Wildman–Crippen LogP) is 3.35. The SMILES string of the molecule is CC(C)[C@H](NC(=O)OCC1c2ccccc2-c2ccccc21)C(=O)C[C@@H](CCCCNC(=O)CCOCCOCCOCCOCCC(=O)NCCS(=O)(=O)O)C(=O)O. The molecule has 2 atom stereocenters. The average Bonchev–Trinajstić information content (AvgIpc) is 3.51. The summed E-state index contributed by atoms with van der Waals surface area (Å²) in [5, 5.41) is 17.7. The molecule has 0 fully saturated rings. The average molecular weight is 850 g/mol. The Morgan fingerprint density at radius 3 is 1.69 bits per heavy atom. The third-order valence-electron chi connectivity index (χ3n) is 9.47. The van der Waals surface area contributed by atoms with Crippen LogP contribution in [0.2, 0.25) is 0 Å². The molecule has 2 aromatic rings. The summed E-state index contributed by atoms with van der Waals surface area (Å²) >= 11 is 0. The van der Waals surface area contributed by atoms with Crippen LogP contribution in [-0.2, 0) is 53.0 Å². The van der Waals surface area contributed by atoms with E-state index >= 15 is 0 Å². The van der Waals surface area contributed by atoms with Gasteiger partial charge in [0.05, 0.1) is 70.6 Å². The molecule has 0 saturated carbocycles. The Morgan fingerprint density at radius 1 is 0.712 bits per heavy atom. The van der Waals surface area contributed by atoms with Crippen LogP contribution in [0.25, 0.3) is 11.1 Å². The molecule has 3 amide bonds. The number of Topliss-reactive ketones (excluding diaryl/α,β-unsaturated/α-hetero) is 1. The first-order chi connectivity index (χ1) is 28.3. The van der Waals surface area contributed by atoms with E-state index in [-0.39, 0.29) is 94.7 Å². The van der Waals surface area contributed by atoms with Gasteiger partial charge in [0.15, 0.2) is 5.78 Å². The summed E-state index contributed by atoms with van der Waals surface area (Å²) in [5.41, 5.74) is 4.33. The third-order valence-corrected chi connectivity index (χ3v) is 10.2. The number of carboxylic acids is 1. The molecule has 328 valence electrons. The lowest BCUT2D eigenvalue weighted by molar-refractivity contribution is -0.144. The molecule has 17 nitrogen and oxygen atoms in total. The van der Waals surface area contributed by atoms with Gasteiger partial charge in [0.1, 0.15) is 6.61 Å². The molecule has 0 radical (unpaired) electrons. The monoisotopic (exact) mass is 849 g/mol. The van der Waals surface area contributed by atoms with Crippen LogP contribution in [0, 0.1) is 11.8 Å². The molecule has 1 aliphatic carbocycles. The molecule has 0 aliphatic heterocycles. The first kappa shape index (κ1) is 48.9. The quantitative estimate of drug-likeness (QED) is 0.0540. The minimum atomic E-state index is -4.12. The maximum absolute atomic E-state index is 13.3. The molecule has 5 N–H and O–H groups in total. The van der Waals surface area contributed by atoms with Crippen molar-refractivity contribution in [1.29, 1.82) is 0 Å². The smallest absolute Gasteiger partial charge is 0.407 e. The number of benzene rings is 2. The minimum absolute atomic E-state index is 0.0473. The fraction of sp³-hybridized carbons (Fsp3) is 0.585. The fourth-order valence-electron chi connectivity index (χ4n) is 6.40. The normalized spacial score (nSPS) is 13.3. The molecule has 2 aromatic carbocycles. The Kier molecular flexibility index (Phi) is 22.0. The molecule has 0 unspecified atom stereocenters. The first-order valence-corrected chi connectivity index (χ1v) is 21.5. The lowest BCUT2D eigenvalue weighted by Gasteiger charge is -2.23. The Hall–Kier alpha value is -4.46. The standard InChI is InChI=1S/C41H59N3O14S/c1-29(2)39(44-41(50)58-28-35-33-12-5-3-10-31(33)32-11-4-6-13-34(32)35)36(45)27-30(40(48)49)9-7-8-16-42-37(46)14-18-54-20-22-56-24-25-57-23-21-55-19-15-38(47)43-17-26-59(51,52)53/h3-6,10-13,29-30,35,39H,7-9,14-28H2,1-2H3,(H,42,46)(H,43,47)(H,44,50)(H,48,49)(H,51,52,53)/t30-,39+/m1/s1. The maximum atomic E-state index is 13.3. The van der Waals surface area contributed by atoms with Crippen molar-refractivity contribution >= 4 is 39.8 Å². The van der Waals surface area contributed by atoms with Gasteiger partial charge in [-0.1, -0.05) is 68.8 Å². The molecule has 0 bridgehead atoms. The zero-order chi connectivity index (χ0) is 43.0. The number of rotatable bonds is 31. The van der Waals surface area contributed by atoms with E-state index in [0.717, 1.165) is 22.3 Å². The molecule has 0 saturated heterocycles. The van der Waals surface area contributed by atoms with E-state index in [9.17, 15) is 37.5 Å². The molecule has 1 aliphatic rings. The van der Waals surface area contributed by atoms with Gasteiger partial charge in [-0.05, 0) is 41.0 Å². The van der Waals surface area contributed by atoms with Crippen molar-refractivity contribution in [3.8, 4) is 11.1 Å². The third kappa shape index (κ3) is 19.0. The van der Waals surface area contributed by atoms with Crippen LogP contribution in [0.1, 0.15) is 69.4 Å². The van der Waals surface area contributed by atoms with Gasteiger partial charge >= 0.3 is 12.1 Å². The number of unbranched alkanes of at least 4 members (excludes halogenated alkanes) is 1. The Labute approximate surface area is 346 Å². The van der Waals surface area contributed by atoms with E-state index in [4.69, 9.17) is 28.2 Å². The number of fused-ring (bicyclic) bond motifs is 3. The first-order valence-electron chi connectivity index (χ1n) is 19.9. The van der Waals surface area contributed by atoms with Gasteiger partial charge in [0, 0.05) is 38.3 Å². The number of nitrogens with one attached hydrogen (secondary N) is 3. The second-order valence-corrected chi connectivity index (χ2v) is 15.9. The van der Waals surface area contributed by atoms with Crippen LogP contribution in [0.4, 0.5) is 4.79 Å². The van der Waals surface area contributed by atoms with Crippen molar-refractivity contribution in [2.45, 2.75) is 64.3 Å². The van der Waals surface area contributed by atoms with Crippen LogP contribution < -0.4 is 16.0 Å². The van der Waals surface area contributed by atoms with Crippen LogP contribution in [0.3, 0.4) is 0 Å². The largest absolute Gasteiger partial charge is 0.481 e. The number of amides is 3. The van der Waals surface area contributed by atoms with Crippen molar-refractivity contribution in [3.63, 3.8) is 0 Å². The van der Waals surface area contributed by atoms with Gasteiger partial charge in [0.2, 0.25) is 11.8 Å². The van der Waals surface area contributed by atoms with Crippen molar-refractivity contribution in [3.05, 3.63) is 59.7 Å². The van der Waals surface area contributed by atoms with E-state index in [1.54, 1.807) is 13.8 Å². The lowest BCUT2D eigenvalue weighted by atomic mass is 9.90. The van der Waals surface area contributed by atoms with E-state index in [1.807, 2.05) is 48.5 Å². The Morgan fingerprint density at radius 2 is 1.20 bits per heavy atom. The minimum Gasteiger partial charge on any atom is -0.481 e. The van der Waals surface area contributed by atoms with Gasteiger partial charge in [-0.15, -0.1) is 0 Å². The second-order valence-electron chi connectivity index (χ2n) is 14.3. The van der Waals surface area contributed by atoms with Crippen molar-refractivity contribution in [2.75, 3.05) is 78.3 Å².